The van der Waals surface area contributed by atoms with Crippen molar-refractivity contribution in [3.8, 4) is 0 Å². The molecule has 2 amide bonds. The van der Waals surface area contributed by atoms with Crippen molar-refractivity contribution >= 4 is 46.8 Å². The van der Waals surface area contributed by atoms with Gasteiger partial charge in [-0.15, -0.1) is 22.9 Å². The first-order valence-electron chi connectivity index (χ1n) is 8.96. The number of hydrogen-bond acceptors (Lipinski definition) is 6. The van der Waals surface area contributed by atoms with Crippen molar-refractivity contribution < 1.29 is 19.1 Å². The number of halogens is 1. The molecule has 0 spiro atoms. The van der Waals surface area contributed by atoms with E-state index in [1.165, 1.54) is 24.5 Å². The second-order valence-electron chi connectivity index (χ2n) is 5.94. The lowest BCUT2D eigenvalue weighted by Gasteiger charge is -2.11. The Balaban J connectivity index is 2.30. The number of aromatic nitrogens is 1. The van der Waals surface area contributed by atoms with Crippen LogP contribution in [-0.2, 0) is 19.1 Å². The van der Waals surface area contributed by atoms with E-state index in [4.69, 9.17) is 11.6 Å². The van der Waals surface area contributed by atoms with Gasteiger partial charge in [-0.05, 0) is 25.8 Å². The van der Waals surface area contributed by atoms with Crippen LogP contribution in [0.15, 0.2) is 23.6 Å². The van der Waals surface area contributed by atoms with Crippen LogP contribution in [0.2, 0.25) is 0 Å². The van der Waals surface area contributed by atoms with Gasteiger partial charge in [0.25, 0.3) is 0 Å². The Labute approximate surface area is 174 Å². The molecular formula is C19H26ClN3O4S. The van der Waals surface area contributed by atoms with Gasteiger partial charge in [0, 0.05) is 24.4 Å². The fourth-order valence-electron chi connectivity index (χ4n) is 2.17. The molecule has 0 aliphatic carbocycles. The number of allylic oxidation sites excluding steroid dienone is 2. The smallest absolute Gasteiger partial charge is 0.330 e. The largest absolute Gasteiger partial charge is 0.466 e. The van der Waals surface area contributed by atoms with Crippen LogP contribution in [0.5, 0.6) is 0 Å². The van der Waals surface area contributed by atoms with Crippen molar-refractivity contribution in [2.24, 2.45) is 0 Å². The SMILES string of the molecule is COC(=O)/C=C/C=C/c1csc(C(C)NC(=O)CCCCCNC(=O)CCl)n1. The topological polar surface area (TPSA) is 97.4 Å². The van der Waals surface area contributed by atoms with Crippen molar-refractivity contribution in [1.82, 2.24) is 15.6 Å². The summed E-state index contributed by atoms with van der Waals surface area (Å²) in [7, 11) is 1.32. The normalized spacial score (nSPS) is 12.2. The Bertz CT molecular complexity index is 703. The average molecular weight is 428 g/mol. The van der Waals surface area contributed by atoms with Gasteiger partial charge in [-0.2, -0.15) is 0 Å². The highest BCUT2D eigenvalue weighted by molar-refractivity contribution is 7.09. The predicted molar refractivity (Wildman–Crippen MR) is 111 cm³/mol. The number of amides is 2. The van der Waals surface area contributed by atoms with Gasteiger partial charge < -0.3 is 15.4 Å². The standard InChI is InChI=1S/C19H26ClN3O4S/c1-14(22-16(24)9-4-3-7-11-21-17(25)12-20)19-23-15(13-28-19)8-5-6-10-18(26)27-2/h5-6,8,10,13-14H,3-4,7,9,11-12H2,1-2H3,(H,21,25)(H,22,24)/b8-5+,10-6+. The molecule has 0 aromatic carbocycles. The number of carbonyl (C=O) groups excluding carboxylic acids is 3. The van der Waals surface area contributed by atoms with Gasteiger partial charge in [-0.1, -0.05) is 18.6 Å². The van der Waals surface area contributed by atoms with Gasteiger partial charge in [-0.25, -0.2) is 9.78 Å². The zero-order chi connectivity index (χ0) is 20.8. The minimum atomic E-state index is -0.417. The third kappa shape index (κ3) is 10.2. The molecule has 1 unspecified atom stereocenters. The first kappa shape index (κ1) is 23.8. The Hall–Kier alpha value is -2.19. The van der Waals surface area contributed by atoms with Crippen molar-refractivity contribution in [3.63, 3.8) is 0 Å². The number of hydrogen-bond donors (Lipinski definition) is 2. The summed E-state index contributed by atoms with van der Waals surface area (Å²) in [5, 5.41) is 8.33. The summed E-state index contributed by atoms with van der Waals surface area (Å²) in [6.07, 6.45) is 9.24. The van der Waals surface area contributed by atoms with Crippen molar-refractivity contribution in [1.29, 1.82) is 0 Å². The first-order valence-corrected chi connectivity index (χ1v) is 10.4. The second-order valence-corrected chi connectivity index (χ2v) is 7.09. The maximum Gasteiger partial charge on any atom is 0.330 e. The van der Waals surface area contributed by atoms with E-state index in [0.29, 0.717) is 13.0 Å². The second kappa shape index (κ2) is 13.9. The van der Waals surface area contributed by atoms with Crippen LogP contribution in [0.4, 0.5) is 0 Å². The fourth-order valence-corrected chi connectivity index (χ4v) is 3.06. The van der Waals surface area contributed by atoms with Gasteiger partial charge in [-0.3, -0.25) is 9.59 Å². The lowest BCUT2D eigenvalue weighted by Crippen LogP contribution is -2.26. The lowest BCUT2D eigenvalue weighted by atomic mass is 10.2. The fraction of sp³-hybridized carbons (Fsp3) is 0.474. The van der Waals surface area contributed by atoms with Crippen molar-refractivity contribution in [3.05, 3.63) is 34.3 Å². The van der Waals surface area contributed by atoms with E-state index in [1.807, 2.05) is 12.3 Å². The molecule has 0 aliphatic heterocycles. The summed E-state index contributed by atoms with van der Waals surface area (Å²) in [6.45, 7) is 2.47. The Kier molecular flexibility index (Phi) is 11.8. The Morgan fingerprint density at radius 2 is 2.04 bits per heavy atom. The molecule has 0 radical (unpaired) electrons. The molecule has 28 heavy (non-hydrogen) atoms. The molecule has 1 atom stereocenters. The molecule has 1 aromatic rings. The summed E-state index contributed by atoms with van der Waals surface area (Å²) < 4.78 is 4.50. The van der Waals surface area contributed by atoms with E-state index in [2.05, 4.69) is 20.4 Å². The van der Waals surface area contributed by atoms with Crippen LogP contribution < -0.4 is 10.6 Å². The van der Waals surface area contributed by atoms with E-state index in [0.717, 1.165) is 30.0 Å². The molecule has 2 N–H and O–H groups in total. The van der Waals surface area contributed by atoms with Gasteiger partial charge in [0.1, 0.15) is 10.9 Å². The zero-order valence-electron chi connectivity index (χ0n) is 16.1. The molecule has 154 valence electrons. The molecule has 7 nitrogen and oxygen atoms in total. The summed E-state index contributed by atoms with van der Waals surface area (Å²) >= 11 is 6.85. The third-order valence-corrected chi connectivity index (χ3v) is 4.91. The van der Waals surface area contributed by atoms with Gasteiger partial charge >= 0.3 is 5.97 Å². The number of methoxy groups -OCH3 is 1. The molecule has 0 bridgehead atoms. The summed E-state index contributed by atoms with van der Waals surface area (Å²) in [5.41, 5.74) is 0.759. The molecule has 1 aromatic heterocycles. The molecular weight excluding hydrogens is 402 g/mol. The van der Waals surface area contributed by atoms with Crippen LogP contribution in [0, 0.1) is 0 Å². The molecule has 0 saturated heterocycles. The number of nitrogens with one attached hydrogen (secondary N) is 2. The number of thiazole rings is 1. The lowest BCUT2D eigenvalue weighted by molar-refractivity contribution is -0.134. The number of rotatable bonds is 12. The maximum absolute atomic E-state index is 12.0. The van der Waals surface area contributed by atoms with Crippen molar-refractivity contribution in [2.45, 2.75) is 38.6 Å². The summed E-state index contributed by atoms with van der Waals surface area (Å²) in [4.78, 5) is 38.5. The van der Waals surface area contributed by atoms with E-state index in [9.17, 15) is 14.4 Å². The zero-order valence-corrected chi connectivity index (χ0v) is 17.6. The van der Waals surface area contributed by atoms with E-state index >= 15 is 0 Å². The number of unbranched alkanes of at least 4 members (excludes halogenated alkanes) is 2. The van der Waals surface area contributed by atoms with Gasteiger partial charge in [0.15, 0.2) is 0 Å². The molecule has 0 fully saturated rings. The highest BCUT2D eigenvalue weighted by Crippen LogP contribution is 2.19. The summed E-state index contributed by atoms with van der Waals surface area (Å²) in [6, 6.07) is -0.173. The average Bonchev–Trinajstić information content (AvgIpc) is 3.16. The first-order chi connectivity index (χ1) is 13.5. The number of carbonyl (C=O) groups is 3. The highest BCUT2D eigenvalue weighted by Gasteiger charge is 2.12. The Morgan fingerprint density at radius 1 is 1.25 bits per heavy atom. The molecule has 1 heterocycles. The van der Waals surface area contributed by atoms with Crippen LogP contribution >= 0.6 is 22.9 Å². The van der Waals surface area contributed by atoms with Crippen LogP contribution in [-0.4, -0.2) is 42.3 Å². The summed E-state index contributed by atoms with van der Waals surface area (Å²) in [5.74, 6) is -0.644. The van der Waals surface area contributed by atoms with E-state index in [1.54, 1.807) is 18.2 Å². The minimum Gasteiger partial charge on any atom is -0.466 e. The third-order valence-electron chi connectivity index (χ3n) is 3.62. The number of esters is 1. The number of ether oxygens (including phenoxy) is 1. The van der Waals surface area contributed by atoms with E-state index < -0.39 is 5.97 Å². The van der Waals surface area contributed by atoms with E-state index in [-0.39, 0.29) is 23.7 Å². The number of alkyl halides is 1. The maximum atomic E-state index is 12.0. The highest BCUT2D eigenvalue weighted by atomic mass is 35.5. The Morgan fingerprint density at radius 3 is 2.75 bits per heavy atom. The molecule has 0 aliphatic rings. The monoisotopic (exact) mass is 427 g/mol. The van der Waals surface area contributed by atoms with Gasteiger partial charge in [0.05, 0.1) is 18.8 Å². The van der Waals surface area contributed by atoms with Crippen LogP contribution in [0.25, 0.3) is 6.08 Å². The number of nitrogens with zero attached hydrogens (tertiary/aromatic N) is 1. The molecule has 1 rings (SSSR count). The van der Waals surface area contributed by atoms with Gasteiger partial charge in [0.2, 0.25) is 11.8 Å². The van der Waals surface area contributed by atoms with Crippen LogP contribution in [0.3, 0.4) is 0 Å². The molecule has 9 heteroatoms. The predicted octanol–water partition coefficient (Wildman–Crippen LogP) is 2.98. The van der Waals surface area contributed by atoms with Crippen molar-refractivity contribution in [2.75, 3.05) is 19.5 Å². The quantitative estimate of drug-likeness (QED) is 0.176. The van der Waals surface area contributed by atoms with Crippen LogP contribution in [0.1, 0.15) is 49.4 Å². The minimum absolute atomic E-state index is 0.0226. The molecule has 0 saturated carbocycles.